The third kappa shape index (κ3) is 2.02. The largest absolute Gasteiger partial charge is 0.493 e. The van der Waals surface area contributed by atoms with Crippen LogP contribution < -0.4 is 9.47 Å². The van der Waals surface area contributed by atoms with Gasteiger partial charge in [-0.3, -0.25) is 10.1 Å². The molecule has 0 radical (unpaired) electrons. The number of carboxylic acids is 1. The number of methoxy groups -OCH3 is 2. The van der Waals surface area contributed by atoms with Gasteiger partial charge in [-0.05, 0) is 0 Å². The Morgan fingerprint density at radius 2 is 1.94 bits per heavy atom. The molecule has 0 spiro atoms. The molecule has 7 nitrogen and oxygen atoms in total. The Balaban J connectivity index is 3.86. The second-order valence-corrected chi connectivity index (χ2v) is 2.60. The fraction of sp³-hybridized carbons (Fsp3) is 0.222. The van der Waals surface area contributed by atoms with Gasteiger partial charge in [0.25, 0.3) is 5.69 Å². The number of carbonyl (C=O) groups is 1. The van der Waals surface area contributed by atoms with E-state index >= 15 is 0 Å². The van der Waals surface area contributed by atoms with Crippen molar-refractivity contribution in [2.75, 3.05) is 14.2 Å². The highest BCUT2D eigenvalue weighted by molar-refractivity contribution is 5.93. The molecule has 0 aliphatic rings. The van der Waals surface area contributed by atoms with E-state index in [1.165, 1.54) is 0 Å². The quantitative estimate of drug-likeness (QED) is 0.617. The van der Waals surface area contributed by atoms with E-state index in [9.17, 15) is 14.9 Å². The second-order valence-electron chi connectivity index (χ2n) is 2.60. The Morgan fingerprint density at radius 1 is 1.44 bits per heavy atom. The van der Waals surface area contributed by atoms with E-state index in [0.717, 1.165) is 14.2 Å². The molecule has 1 N–H and O–H groups in total. The summed E-state index contributed by atoms with van der Waals surface area (Å²) in [5, 5.41) is 19.7. The molecule has 86 valence electrons. The van der Waals surface area contributed by atoms with Gasteiger partial charge in [-0.1, -0.05) is 0 Å². The lowest BCUT2D eigenvalue weighted by Gasteiger charge is -2.08. The van der Waals surface area contributed by atoms with Crippen LogP contribution in [-0.2, 0) is 0 Å². The summed E-state index contributed by atoms with van der Waals surface area (Å²) in [7, 11) is 2.28. The molecule has 7 heteroatoms. The van der Waals surface area contributed by atoms with Crippen molar-refractivity contribution in [3.63, 3.8) is 0 Å². The highest BCUT2D eigenvalue weighted by Gasteiger charge is 2.23. The number of aromatic carboxylic acids is 1. The number of nitro benzene ring substituents is 1. The first-order valence-electron chi connectivity index (χ1n) is 4.99. The second kappa shape index (κ2) is 4.47. The van der Waals surface area contributed by atoms with Crippen LogP contribution in [0.1, 0.15) is 13.1 Å². The van der Waals surface area contributed by atoms with Crippen molar-refractivity contribution in [2.45, 2.75) is 0 Å². The summed E-state index contributed by atoms with van der Waals surface area (Å²) >= 11 is 0. The highest BCUT2D eigenvalue weighted by atomic mass is 16.6. The number of hydrogen-bond donors (Lipinski definition) is 1. The molecule has 0 heterocycles. The molecule has 0 fully saturated rings. The third-order valence-electron chi connectivity index (χ3n) is 1.72. The van der Waals surface area contributed by atoms with Gasteiger partial charge >= 0.3 is 5.97 Å². The van der Waals surface area contributed by atoms with Crippen LogP contribution in [-0.4, -0.2) is 30.2 Å². The van der Waals surface area contributed by atoms with Gasteiger partial charge in [0.15, 0.2) is 11.5 Å². The van der Waals surface area contributed by atoms with Crippen LogP contribution in [0.15, 0.2) is 12.1 Å². The van der Waals surface area contributed by atoms with Gasteiger partial charge < -0.3 is 14.6 Å². The minimum Gasteiger partial charge on any atom is -0.493 e. The van der Waals surface area contributed by atoms with Gasteiger partial charge in [-0.15, -0.1) is 0 Å². The van der Waals surface area contributed by atoms with Crippen LogP contribution >= 0.6 is 0 Å². The van der Waals surface area contributed by atoms with Crippen molar-refractivity contribution in [1.82, 2.24) is 0 Å². The normalized spacial score (nSPS) is 11.4. The summed E-state index contributed by atoms with van der Waals surface area (Å²) in [4.78, 5) is 20.7. The van der Waals surface area contributed by atoms with Crippen LogP contribution in [0.5, 0.6) is 11.5 Å². The van der Waals surface area contributed by atoms with Crippen LogP contribution in [0.3, 0.4) is 0 Å². The summed E-state index contributed by atoms with van der Waals surface area (Å²) < 4.78 is 24.6. The lowest BCUT2D eigenvalue weighted by Crippen LogP contribution is -2.04. The standard InChI is InChI=1S/C9H9NO6/c1-15-7-3-5(9(11)12)6(10(13)14)4-8(7)16-2/h3-4H,1-2H3,(H,11,12)/i3D,4D. The van der Waals surface area contributed by atoms with Gasteiger partial charge in [0, 0.05) is 6.04 Å². The minimum absolute atomic E-state index is 0.328. The van der Waals surface area contributed by atoms with Crippen LogP contribution in [0.2, 0.25) is 0 Å². The number of benzene rings is 1. The number of carboxylic acid groups (broad SMARTS) is 1. The summed E-state index contributed by atoms with van der Waals surface area (Å²) in [6.45, 7) is 0. The molecule has 0 aliphatic heterocycles. The van der Waals surface area contributed by atoms with E-state index in [1.807, 2.05) is 0 Å². The van der Waals surface area contributed by atoms with E-state index < -0.39 is 34.2 Å². The molecule has 0 bridgehead atoms. The maximum absolute atomic E-state index is 11.0. The molecule has 0 aliphatic carbocycles. The van der Waals surface area contributed by atoms with E-state index in [2.05, 4.69) is 0 Å². The fourth-order valence-corrected chi connectivity index (χ4v) is 1.04. The average Bonchev–Trinajstić information content (AvgIpc) is 2.29. The predicted molar refractivity (Wildman–Crippen MR) is 53.2 cm³/mol. The predicted octanol–water partition coefficient (Wildman–Crippen LogP) is 1.31. The number of nitrogens with zero attached hydrogens (tertiary/aromatic N) is 1. The van der Waals surface area contributed by atoms with E-state index in [4.69, 9.17) is 17.3 Å². The van der Waals surface area contributed by atoms with Crippen molar-refractivity contribution in [3.05, 3.63) is 27.8 Å². The van der Waals surface area contributed by atoms with E-state index in [1.54, 1.807) is 0 Å². The van der Waals surface area contributed by atoms with Crippen LogP contribution in [0.4, 0.5) is 5.69 Å². The van der Waals surface area contributed by atoms with Crippen molar-refractivity contribution >= 4 is 11.7 Å². The van der Waals surface area contributed by atoms with E-state index in [0.29, 0.717) is 0 Å². The molecule has 1 rings (SSSR count). The monoisotopic (exact) mass is 229 g/mol. The van der Waals surface area contributed by atoms with Crippen molar-refractivity contribution < 1.29 is 27.0 Å². The van der Waals surface area contributed by atoms with Crippen molar-refractivity contribution in [3.8, 4) is 11.5 Å². The zero-order valence-corrected chi connectivity index (χ0v) is 8.44. The zero-order valence-electron chi connectivity index (χ0n) is 10.4. The lowest BCUT2D eigenvalue weighted by atomic mass is 10.1. The van der Waals surface area contributed by atoms with Crippen molar-refractivity contribution in [1.29, 1.82) is 0 Å². The molecular weight excluding hydrogens is 218 g/mol. The maximum Gasteiger partial charge on any atom is 0.342 e. The molecule has 0 saturated carbocycles. The number of hydrogen-bond acceptors (Lipinski definition) is 5. The SMILES string of the molecule is [2H]c1c(OC)c(OC)c([2H])c([N+](=O)[O-])c1C(=O)O. The molecule has 0 aromatic heterocycles. The van der Waals surface area contributed by atoms with Gasteiger partial charge in [-0.25, -0.2) is 4.79 Å². The van der Waals surface area contributed by atoms with Gasteiger partial charge in [-0.2, -0.15) is 0 Å². The Hall–Kier alpha value is -2.31. The van der Waals surface area contributed by atoms with Gasteiger partial charge in [0.05, 0.1) is 27.9 Å². The topological polar surface area (TPSA) is 98.9 Å². The summed E-state index contributed by atoms with van der Waals surface area (Å²) in [5.74, 6) is -2.36. The van der Waals surface area contributed by atoms with E-state index in [-0.39, 0.29) is 11.5 Å². The number of rotatable bonds is 4. The van der Waals surface area contributed by atoms with Crippen LogP contribution in [0, 0.1) is 10.1 Å². The Bertz CT molecular complexity index is 484. The smallest absolute Gasteiger partial charge is 0.342 e. The summed E-state index contributed by atoms with van der Waals surface area (Å²) in [6.07, 6.45) is 0. The Morgan fingerprint density at radius 3 is 2.31 bits per heavy atom. The molecule has 16 heavy (non-hydrogen) atoms. The van der Waals surface area contributed by atoms with Gasteiger partial charge in [0.1, 0.15) is 5.56 Å². The first kappa shape index (κ1) is 8.96. The molecule has 0 atom stereocenters. The number of ether oxygens (including phenoxy) is 2. The first-order chi connectivity index (χ1) is 8.36. The fourth-order valence-electron chi connectivity index (χ4n) is 1.04. The molecule has 1 aromatic rings. The molecule has 0 amide bonds. The van der Waals surface area contributed by atoms with Gasteiger partial charge in [0.2, 0.25) is 0 Å². The molecular formula is C9H9NO6. The zero-order chi connectivity index (χ0) is 14.0. The Labute approximate surface area is 93.2 Å². The molecule has 0 saturated heterocycles. The van der Waals surface area contributed by atoms with Crippen molar-refractivity contribution in [2.24, 2.45) is 0 Å². The maximum atomic E-state index is 11.0. The highest BCUT2D eigenvalue weighted by Crippen LogP contribution is 2.34. The average molecular weight is 229 g/mol. The Kier molecular flexibility index (Phi) is 2.50. The first-order valence-corrected chi connectivity index (χ1v) is 3.99. The number of nitro groups is 1. The van der Waals surface area contributed by atoms with Crippen LogP contribution in [0.25, 0.3) is 0 Å². The summed E-state index contributed by atoms with van der Waals surface area (Å²) in [6, 6.07) is -1.45. The minimum atomic E-state index is -1.68. The third-order valence-corrected chi connectivity index (χ3v) is 1.72. The lowest BCUT2D eigenvalue weighted by molar-refractivity contribution is -0.385. The molecule has 0 unspecified atom stereocenters. The summed E-state index contributed by atoms with van der Waals surface area (Å²) in [5.41, 5.74) is -1.90. The molecule has 1 aromatic carbocycles.